The first kappa shape index (κ1) is 12.0. The minimum absolute atomic E-state index is 0.430. The maximum Gasteiger partial charge on any atom is 0.0706 e. The molecule has 2 unspecified atom stereocenters. The van der Waals surface area contributed by atoms with E-state index in [0.717, 1.165) is 19.6 Å². The second kappa shape index (κ2) is 5.69. The fourth-order valence-electron chi connectivity index (χ4n) is 2.01. The van der Waals surface area contributed by atoms with Crippen LogP contribution in [0.15, 0.2) is 0 Å². The molecule has 1 heterocycles. The molecule has 1 rings (SSSR count). The predicted molar refractivity (Wildman–Crippen MR) is 59.3 cm³/mol. The van der Waals surface area contributed by atoms with Crippen molar-refractivity contribution in [2.75, 3.05) is 19.6 Å². The molecule has 1 saturated heterocycles. The van der Waals surface area contributed by atoms with E-state index in [4.69, 9.17) is 10.5 Å². The quantitative estimate of drug-likeness (QED) is 0.725. The molecule has 0 aromatic heterocycles. The normalized spacial score (nSPS) is 27.9. The lowest BCUT2D eigenvalue weighted by molar-refractivity contribution is 0.0255. The highest BCUT2D eigenvalue weighted by Gasteiger charge is 2.24. The number of ether oxygens (including phenoxy) is 1. The van der Waals surface area contributed by atoms with Crippen molar-refractivity contribution in [1.29, 1.82) is 0 Å². The highest BCUT2D eigenvalue weighted by Crippen LogP contribution is 2.20. The molecule has 3 nitrogen and oxygen atoms in total. The van der Waals surface area contributed by atoms with E-state index in [-0.39, 0.29) is 0 Å². The second-order valence-electron chi connectivity index (χ2n) is 4.52. The molecule has 2 N–H and O–H groups in total. The Morgan fingerprint density at radius 1 is 1.43 bits per heavy atom. The predicted octanol–water partition coefficient (Wildman–Crippen LogP) is 1.22. The molecule has 2 atom stereocenters. The maximum atomic E-state index is 5.81. The van der Waals surface area contributed by atoms with Crippen LogP contribution in [-0.4, -0.2) is 42.8 Å². The molecule has 14 heavy (non-hydrogen) atoms. The lowest BCUT2D eigenvalue weighted by Crippen LogP contribution is -2.40. The molecule has 1 aliphatic heterocycles. The first-order valence-electron chi connectivity index (χ1n) is 5.73. The number of nitrogens with zero attached hydrogens (tertiary/aromatic N) is 1. The molecule has 0 aromatic rings. The summed E-state index contributed by atoms with van der Waals surface area (Å²) in [5.74, 6) is 0. The molecule has 0 aromatic carbocycles. The van der Waals surface area contributed by atoms with E-state index in [0.29, 0.717) is 18.2 Å². The van der Waals surface area contributed by atoms with Crippen LogP contribution >= 0.6 is 0 Å². The molecule has 84 valence electrons. The van der Waals surface area contributed by atoms with Crippen molar-refractivity contribution >= 4 is 0 Å². The van der Waals surface area contributed by atoms with Gasteiger partial charge in [0, 0.05) is 25.7 Å². The maximum absolute atomic E-state index is 5.81. The summed E-state index contributed by atoms with van der Waals surface area (Å²) in [6.45, 7) is 9.34. The second-order valence-corrected chi connectivity index (χ2v) is 4.52. The van der Waals surface area contributed by atoms with Crippen LogP contribution in [0.3, 0.4) is 0 Å². The Morgan fingerprint density at radius 2 is 2.14 bits per heavy atom. The van der Waals surface area contributed by atoms with Crippen molar-refractivity contribution in [3.63, 3.8) is 0 Å². The van der Waals surface area contributed by atoms with Crippen molar-refractivity contribution in [2.24, 2.45) is 5.73 Å². The molecule has 0 bridgehead atoms. The van der Waals surface area contributed by atoms with E-state index in [1.54, 1.807) is 0 Å². The number of nitrogens with two attached hydrogens (primary N) is 1. The third-order valence-corrected chi connectivity index (χ3v) is 2.90. The zero-order valence-electron chi connectivity index (χ0n) is 9.70. The lowest BCUT2D eigenvalue weighted by Gasteiger charge is -2.28. The minimum atomic E-state index is 0.430. The third-order valence-electron chi connectivity index (χ3n) is 2.90. The van der Waals surface area contributed by atoms with Gasteiger partial charge in [-0.15, -0.1) is 0 Å². The van der Waals surface area contributed by atoms with Gasteiger partial charge in [-0.1, -0.05) is 0 Å². The van der Waals surface area contributed by atoms with Crippen molar-refractivity contribution in [1.82, 2.24) is 4.90 Å². The fourth-order valence-corrected chi connectivity index (χ4v) is 2.01. The SMILES string of the molecule is CC1CCC(CN(CCN)C(C)C)O1. The minimum Gasteiger partial charge on any atom is -0.374 e. The van der Waals surface area contributed by atoms with Crippen molar-refractivity contribution < 1.29 is 4.74 Å². The van der Waals surface area contributed by atoms with Gasteiger partial charge in [-0.05, 0) is 33.6 Å². The van der Waals surface area contributed by atoms with Crippen LogP contribution in [0, 0.1) is 0 Å². The van der Waals surface area contributed by atoms with E-state index in [9.17, 15) is 0 Å². The first-order valence-corrected chi connectivity index (χ1v) is 5.73. The molecule has 3 heteroatoms. The van der Waals surface area contributed by atoms with E-state index in [1.807, 2.05) is 0 Å². The number of hydrogen-bond donors (Lipinski definition) is 1. The van der Waals surface area contributed by atoms with Gasteiger partial charge in [0.15, 0.2) is 0 Å². The van der Waals surface area contributed by atoms with Gasteiger partial charge < -0.3 is 10.5 Å². The summed E-state index contributed by atoms with van der Waals surface area (Å²) >= 11 is 0. The first-order chi connectivity index (χ1) is 6.63. The van der Waals surface area contributed by atoms with Gasteiger partial charge in [0.2, 0.25) is 0 Å². The molecule has 0 radical (unpaired) electrons. The summed E-state index contributed by atoms with van der Waals surface area (Å²) < 4.78 is 5.81. The van der Waals surface area contributed by atoms with E-state index in [2.05, 4.69) is 25.7 Å². The summed E-state index contributed by atoms with van der Waals surface area (Å²) in [6.07, 6.45) is 3.29. The molecule has 0 spiro atoms. The van der Waals surface area contributed by atoms with Gasteiger partial charge >= 0.3 is 0 Å². The monoisotopic (exact) mass is 200 g/mol. The standard InChI is InChI=1S/C11H24N2O/c1-9(2)13(7-6-12)8-11-5-4-10(3)14-11/h9-11H,4-8,12H2,1-3H3. The van der Waals surface area contributed by atoms with Crippen LogP contribution in [-0.2, 0) is 4.74 Å². The van der Waals surface area contributed by atoms with Gasteiger partial charge in [0.25, 0.3) is 0 Å². The Kier molecular flexibility index (Phi) is 4.85. The highest BCUT2D eigenvalue weighted by atomic mass is 16.5. The summed E-state index contributed by atoms with van der Waals surface area (Å²) in [4.78, 5) is 2.41. The van der Waals surface area contributed by atoms with Crippen LogP contribution in [0.2, 0.25) is 0 Å². The van der Waals surface area contributed by atoms with Crippen LogP contribution in [0.25, 0.3) is 0 Å². The van der Waals surface area contributed by atoms with Crippen LogP contribution in [0.1, 0.15) is 33.6 Å². The fraction of sp³-hybridized carbons (Fsp3) is 1.00. The Morgan fingerprint density at radius 3 is 2.57 bits per heavy atom. The zero-order chi connectivity index (χ0) is 10.6. The Bertz CT molecular complexity index is 161. The Labute approximate surface area is 87.6 Å². The average molecular weight is 200 g/mol. The summed E-state index contributed by atoms with van der Waals surface area (Å²) in [7, 11) is 0. The largest absolute Gasteiger partial charge is 0.374 e. The van der Waals surface area contributed by atoms with E-state index in [1.165, 1.54) is 12.8 Å². The highest BCUT2D eigenvalue weighted by molar-refractivity contribution is 4.76. The van der Waals surface area contributed by atoms with Gasteiger partial charge in [-0.2, -0.15) is 0 Å². The van der Waals surface area contributed by atoms with Crippen molar-refractivity contribution in [3.8, 4) is 0 Å². The van der Waals surface area contributed by atoms with Gasteiger partial charge in [-0.25, -0.2) is 0 Å². The summed E-state index contributed by atoms with van der Waals surface area (Å²) in [5, 5.41) is 0. The summed E-state index contributed by atoms with van der Waals surface area (Å²) in [5.41, 5.74) is 5.59. The molecular formula is C11H24N2O. The van der Waals surface area contributed by atoms with Crippen LogP contribution in [0.5, 0.6) is 0 Å². The average Bonchev–Trinajstić information content (AvgIpc) is 2.50. The van der Waals surface area contributed by atoms with Gasteiger partial charge in [0.05, 0.1) is 12.2 Å². The summed E-state index contributed by atoms with van der Waals surface area (Å²) in [6, 6.07) is 0.568. The zero-order valence-corrected chi connectivity index (χ0v) is 9.70. The topological polar surface area (TPSA) is 38.5 Å². The lowest BCUT2D eigenvalue weighted by atomic mass is 10.2. The van der Waals surface area contributed by atoms with Crippen LogP contribution in [0.4, 0.5) is 0 Å². The molecular weight excluding hydrogens is 176 g/mol. The number of hydrogen-bond acceptors (Lipinski definition) is 3. The Hall–Kier alpha value is -0.120. The molecule has 1 fully saturated rings. The van der Waals surface area contributed by atoms with Crippen LogP contribution < -0.4 is 5.73 Å². The van der Waals surface area contributed by atoms with Gasteiger partial charge in [0.1, 0.15) is 0 Å². The third kappa shape index (κ3) is 3.56. The van der Waals surface area contributed by atoms with Gasteiger partial charge in [-0.3, -0.25) is 4.90 Å². The van der Waals surface area contributed by atoms with E-state index >= 15 is 0 Å². The smallest absolute Gasteiger partial charge is 0.0706 e. The Balaban J connectivity index is 2.31. The molecule has 0 aliphatic carbocycles. The van der Waals surface area contributed by atoms with Crippen molar-refractivity contribution in [2.45, 2.75) is 51.9 Å². The number of rotatable bonds is 5. The van der Waals surface area contributed by atoms with E-state index < -0.39 is 0 Å². The molecule has 0 amide bonds. The molecule has 1 aliphatic rings. The molecule has 0 saturated carbocycles. The van der Waals surface area contributed by atoms with Crippen molar-refractivity contribution in [3.05, 3.63) is 0 Å².